The van der Waals surface area contributed by atoms with Gasteiger partial charge in [0.1, 0.15) is 11.4 Å². The van der Waals surface area contributed by atoms with Gasteiger partial charge < -0.3 is 5.32 Å². The first-order chi connectivity index (χ1) is 13.2. The molecule has 0 saturated heterocycles. The number of amides is 1. The quantitative estimate of drug-likeness (QED) is 0.704. The molecule has 0 spiro atoms. The lowest BCUT2D eigenvalue weighted by molar-refractivity contribution is -0.122. The van der Waals surface area contributed by atoms with Gasteiger partial charge in [0.25, 0.3) is 5.56 Å². The van der Waals surface area contributed by atoms with Crippen LogP contribution in [0.4, 0.5) is 0 Å². The average molecular weight is 402 g/mol. The van der Waals surface area contributed by atoms with Gasteiger partial charge in [0.05, 0.1) is 11.7 Å². The Morgan fingerprint density at radius 3 is 2.70 bits per heavy atom. The van der Waals surface area contributed by atoms with Gasteiger partial charge in [-0.25, -0.2) is 4.98 Å². The second-order valence-corrected chi connectivity index (χ2v) is 8.90. The van der Waals surface area contributed by atoms with Gasteiger partial charge in [-0.05, 0) is 24.3 Å². The van der Waals surface area contributed by atoms with Crippen molar-refractivity contribution in [2.24, 2.45) is 0 Å². The average Bonchev–Trinajstić information content (AvgIpc) is 3.29. The Labute approximate surface area is 166 Å². The second kappa shape index (κ2) is 8.35. The Hall–Kier alpha value is -1.99. The summed E-state index contributed by atoms with van der Waals surface area (Å²) in [6.07, 6.45) is 9.68. The lowest BCUT2D eigenvalue weighted by Gasteiger charge is -2.21. The van der Waals surface area contributed by atoms with E-state index in [1.54, 1.807) is 11.3 Å². The van der Waals surface area contributed by atoms with Gasteiger partial charge in [0.15, 0.2) is 0 Å². The van der Waals surface area contributed by atoms with Crippen molar-refractivity contribution in [2.75, 3.05) is 0 Å². The van der Waals surface area contributed by atoms with E-state index in [0.717, 1.165) is 41.0 Å². The van der Waals surface area contributed by atoms with E-state index in [4.69, 9.17) is 0 Å². The Morgan fingerprint density at radius 1 is 1.19 bits per heavy atom. The summed E-state index contributed by atoms with van der Waals surface area (Å²) in [5, 5.41) is 7.71. The third-order valence-corrected chi connectivity index (χ3v) is 6.92. The lowest BCUT2D eigenvalue weighted by Crippen LogP contribution is -2.39. The zero-order chi connectivity index (χ0) is 18.6. The highest BCUT2D eigenvalue weighted by molar-refractivity contribution is 7.18. The largest absolute Gasteiger partial charge is 0.352 e. The number of aromatic nitrogens is 2. The van der Waals surface area contributed by atoms with Crippen molar-refractivity contribution in [2.45, 2.75) is 57.5 Å². The standard InChI is InChI=1S/C20H23N3O2S2/c24-17(22-14-7-4-2-1-3-5-8-14)11-23-13-21-19-18(20(23)25)15(12-27-19)16-9-6-10-26-16/h6,9-10,12-14H,1-5,7-8,11H2,(H,22,24). The molecule has 1 saturated carbocycles. The fourth-order valence-corrected chi connectivity index (χ4v) is 5.44. The van der Waals surface area contributed by atoms with Gasteiger partial charge in [0, 0.05) is 21.9 Å². The number of hydrogen-bond acceptors (Lipinski definition) is 5. The monoisotopic (exact) mass is 401 g/mol. The number of nitrogens with one attached hydrogen (secondary N) is 1. The van der Waals surface area contributed by atoms with Crippen LogP contribution in [-0.4, -0.2) is 21.5 Å². The third kappa shape index (κ3) is 4.14. The number of carbonyl (C=O) groups is 1. The molecule has 1 fully saturated rings. The predicted octanol–water partition coefficient (Wildman–Crippen LogP) is 4.42. The van der Waals surface area contributed by atoms with Crippen molar-refractivity contribution in [1.29, 1.82) is 0 Å². The number of nitrogens with zero attached hydrogens (tertiary/aromatic N) is 2. The fourth-order valence-electron chi connectivity index (χ4n) is 3.72. The fraction of sp³-hybridized carbons (Fsp3) is 0.450. The minimum absolute atomic E-state index is 0.0258. The first-order valence-corrected chi connectivity index (χ1v) is 11.3. The van der Waals surface area contributed by atoms with Crippen LogP contribution in [0.2, 0.25) is 0 Å². The molecule has 0 radical (unpaired) electrons. The molecule has 27 heavy (non-hydrogen) atoms. The van der Waals surface area contributed by atoms with E-state index < -0.39 is 0 Å². The molecule has 1 N–H and O–H groups in total. The second-order valence-electron chi connectivity index (χ2n) is 7.09. The van der Waals surface area contributed by atoms with Crippen LogP contribution in [0.25, 0.3) is 20.7 Å². The molecule has 0 aromatic carbocycles. The van der Waals surface area contributed by atoms with Gasteiger partial charge in [-0.3, -0.25) is 14.2 Å². The van der Waals surface area contributed by atoms with Gasteiger partial charge in [-0.2, -0.15) is 0 Å². The van der Waals surface area contributed by atoms with E-state index in [-0.39, 0.29) is 24.1 Å². The van der Waals surface area contributed by atoms with E-state index in [0.29, 0.717) is 5.39 Å². The first kappa shape index (κ1) is 18.4. The van der Waals surface area contributed by atoms with Crippen LogP contribution in [0.1, 0.15) is 44.9 Å². The van der Waals surface area contributed by atoms with Gasteiger partial charge >= 0.3 is 0 Å². The summed E-state index contributed by atoms with van der Waals surface area (Å²) >= 11 is 3.07. The summed E-state index contributed by atoms with van der Waals surface area (Å²) in [6.45, 7) is 0.0258. The molecule has 3 aromatic rings. The van der Waals surface area contributed by atoms with Crippen molar-refractivity contribution in [1.82, 2.24) is 14.9 Å². The predicted molar refractivity (Wildman–Crippen MR) is 111 cm³/mol. The topological polar surface area (TPSA) is 64.0 Å². The minimum Gasteiger partial charge on any atom is -0.352 e. The maximum Gasteiger partial charge on any atom is 0.263 e. The molecule has 1 aliphatic carbocycles. The molecule has 0 unspecified atom stereocenters. The van der Waals surface area contributed by atoms with Gasteiger partial charge in [-0.15, -0.1) is 22.7 Å². The van der Waals surface area contributed by atoms with Crippen molar-refractivity contribution in [3.05, 3.63) is 39.6 Å². The van der Waals surface area contributed by atoms with E-state index in [2.05, 4.69) is 10.3 Å². The molecule has 4 rings (SSSR count). The van der Waals surface area contributed by atoms with Crippen LogP contribution in [-0.2, 0) is 11.3 Å². The molecule has 1 amide bonds. The minimum atomic E-state index is -0.141. The number of hydrogen-bond donors (Lipinski definition) is 1. The van der Waals surface area contributed by atoms with E-state index in [1.165, 1.54) is 41.5 Å². The Morgan fingerprint density at radius 2 is 1.96 bits per heavy atom. The van der Waals surface area contributed by atoms with Crippen LogP contribution in [0.5, 0.6) is 0 Å². The zero-order valence-corrected chi connectivity index (χ0v) is 16.8. The summed E-state index contributed by atoms with van der Waals surface area (Å²) in [4.78, 5) is 31.7. The SMILES string of the molecule is O=C(Cn1cnc2scc(-c3cccs3)c2c1=O)NC1CCCCCCC1. The smallest absolute Gasteiger partial charge is 0.263 e. The number of rotatable bonds is 4. The maximum atomic E-state index is 13.0. The first-order valence-electron chi connectivity index (χ1n) is 9.52. The molecule has 0 aliphatic heterocycles. The van der Waals surface area contributed by atoms with Crippen LogP contribution in [0.3, 0.4) is 0 Å². The Kier molecular flexibility index (Phi) is 5.69. The lowest BCUT2D eigenvalue weighted by atomic mass is 9.97. The molecule has 0 bridgehead atoms. The highest BCUT2D eigenvalue weighted by atomic mass is 32.1. The van der Waals surface area contributed by atoms with Crippen molar-refractivity contribution >= 4 is 38.8 Å². The maximum absolute atomic E-state index is 13.0. The summed E-state index contributed by atoms with van der Waals surface area (Å²) in [7, 11) is 0. The van der Waals surface area contributed by atoms with Crippen molar-refractivity contribution in [3.63, 3.8) is 0 Å². The molecule has 1 aliphatic rings. The number of thiophene rings is 2. The molecular weight excluding hydrogens is 378 g/mol. The summed E-state index contributed by atoms with van der Waals surface area (Å²) < 4.78 is 1.43. The summed E-state index contributed by atoms with van der Waals surface area (Å²) in [5.74, 6) is -0.100. The number of carbonyl (C=O) groups excluding carboxylic acids is 1. The van der Waals surface area contributed by atoms with Crippen LogP contribution >= 0.6 is 22.7 Å². The molecule has 142 valence electrons. The third-order valence-electron chi connectivity index (χ3n) is 5.13. The van der Waals surface area contributed by atoms with E-state index in [9.17, 15) is 9.59 Å². The molecule has 3 heterocycles. The Bertz CT molecular complexity index is 967. The molecular formula is C20H23N3O2S2. The molecule has 3 aromatic heterocycles. The summed E-state index contributed by atoms with van der Waals surface area (Å²) in [5.41, 5.74) is 0.773. The molecule has 7 heteroatoms. The highest BCUT2D eigenvalue weighted by Gasteiger charge is 2.17. The zero-order valence-electron chi connectivity index (χ0n) is 15.1. The van der Waals surface area contributed by atoms with Crippen molar-refractivity contribution < 1.29 is 4.79 Å². The summed E-state index contributed by atoms with van der Waals surface area (Å²) in [6, 6.07) is 4.21. The van der Waals surface area contributed by atoms with E-state index >= 15 is 0 Å². The van der Waals surface area contributed by atoms with Gasteiger partial charge in [-0.1, -0.05) is 38.2 Å². The van der Waals surface area contributed by atoms with Crippen LogP contribution in [0.15, 0.2) is 34.0 Å². The number of fused-ring (bicyclic) bond motifs is 1. The normalized spacial score (nSPS) is 16.1. The van der Waals surface area contributed by atoms with E-state index in [1.807, 2.05) is 22.9 Å². The molecule has 0 atom stereocenters. The van der Waals surface area contributed by atoms with Crippen molar-refractivity contribution in [3.8, 4) is 10.4 Å². The van der Waals surface area contributed by atoms with Crippen LogP contribution in [0, 0.1) is 0 Å². The van der Waals surface area contributed by atoms with Gasteiger partial charge in [0.2, 0.25) is 5.91 Å². The molecule has 5 nitrogen and oxygen atoms in total. The van der Waals surface area contributed by atoms with Crippen LogP contribution < -0.4 is 10.9 Å². The highest BCUT2D eigenvalue weighted by Crippen LogP contribution is 2.33. The Balaban J connectivity index is 1.53.